The van der Waals surface area contributed by atoms with Crippen molar-refractivity contribution in [3.63, 3.8) is 0 Å². The number of rotatable bonds is 12. The first-order chi connectivity index (χ1) is 21.3. The first-order valence-electron chi connectivity index (χ1n) is 15.2. The number of alkyl halides is 2. The Labute approximate surface area is 262 Å². The summed E-state index contributed by atoms with van der Waals surface area (Å²) in [6.07, 6.45) is -0.326. The van der Waals surface area contributed by atoms with Gasteiger partial charge in [0.2, 0.25) is 10.0 Å². The van der Waals surface area contributed by atoms with Crippen LogP contribution in [0.2, 0.25) is 0 Å². The first kappa shape index (κ1) is 34.5. The minimum atomic E-state index is -3.84. The van der Waals surface area contributed by atoms with Crippen molar-refractivity contribution >= 4 is 38.9 Å². The summed E-state index contributed by atoms with van der Waals surface area (Å²) in [6.45, 7) is 6.51. The molecule has 2 saturated heterocycles. The van der Waals surface area contributed by atoms with Crippen LogP contribution in [0, 0.1) is 6.92 Å². The second-order valence-corrected chi connectivity index (χ2v) is 13.8. The number of amides is 1. The van der Waals surface area contributed by atoms with Crippen molar-refractivity contribution in [3.8, 4) is 0 Å². The lowest BCUT2D eigenvalue weighted by Crippen LogP contribution is -2.39. The molecule has 2 aliphatic heterocycles. The number of hydrogen-bond donors (Lipinski definition) is 2. The number of benzene rings is 1. The van der Waals surface area contributed by atoms with Crippen molar-refractivity contribution in [2.45, 2.75) is 70.5 Å². The summed E-state index contributed by atoms with van der Waals surface area (Å²) < 4.78 is 88.1. The van der Waals surface area contributed by atoms with Gasteiger partial charge in [-0.3, -0.25) is 9.52 Å². The van der Waals surface area contributed by atoms with Gasteiger partial charge in [-0.25, -0.2) is 22.2 Å². The lowest BCUT2D eigenvalue weighted by atomic mass is 10.0. The van der Waals surface area contributed by atoms with Gasteiger partial charge >= 0.3 is 0 Å². The van der Waals surface area contributed by atoms with Gasteiger partial charge in [0.1, 0.15) is 16.9 Å². The van der Waals surface area contributed by atoms with Crippen LogP contribution in [-0.4, -0.2) is 69.9 Å². The third-order valence-corrected chi connectivity index (χ3v) is 9.73. The first-order valence-corrected chi connectivity index (χ1v) is 16.8. The van der Waals surface area contributed by atoms with E-state index in [1.54, 1.807) is 28.9 Å². The second kappa shape index (κ2) is 14.8. The third kappa shape index (κ3) is 9.32. The Balaban J connectivity index is 1.57. The molecule has 4 rings (SSSR count). The molecule has 0 spiro atoms. The van der Waals surface area contributed by atoms with Crippen LogP contribution >= 0.6 is 0 Å². The summed E-state index contributed by atoms with van der Waals surface area (Å²) in [5.74, 6) is -2.55. The molecule has 0 bridgehead atoms. The fourth-order valence-corrected chi connectivity index (χ4v) is 6.16. The van der Waals surface area contributed by atoms with Crippen molar-refractivity contribution < 1.29 is 35.5 Å². The summed E-state index contributed by atoms with van der Waals surface area (Å²) in [5, 5.41) is 1.94. The molecule has 3 heterocycles. The Morgan fingerprint density at radius 3 is 2.40 bits per heavy atom. The molecular formula is C31H41F4N5O4S. The minimum Gasteiger partial charge on any atom is -0.380 e. The highest BCUT2D eigenvalue weighted by Gasteiger charge is 2.34. The number of nitrogens with zero attached hydrogens (tertiary/aromatic N) is 3. The SMILES string of the molecule is CCCCOC[C@@H](C)S(=O)(=O)Nc1ccc(C(=O)Nc2cc(C)cc(N3CCC(F)(F)CC3)n2)c(N2CCC(=C(F)F)CC2)c1. The van der Waals surface area contributed by atoms with Crippen LogP contribution in [0.4, 0.5) is 40.6 Å². The van der Waals surface area contributed by atoms with Gasteiger partial charge in [0.05, 0.1) is 23.5 Å². The number of carbonyl (C=O) groups is 1. The Morgan fingerprint density at radius 1 is 1.07 bits per heavy atom. The predicted molar refractivity (Wildman–Crippen MR) is 168 cm³/mol. The van der Waals surface area contributed by atoms with Crippen molar-refractivity contribution in [1.29, 1.82) is 0 Å². The van der Waals surface area contributed by atoms with Gasteiger partial charge in [-0.15, -0.1) is 0 Å². The van der Waals surface area contributed by atoms with Crippen molar-refractivity contribution in [3.05, 3.63) is 53.1 Å². The number of pyridine rings is 1. The zero-order valence-electron chi connectivity index (χ0n) is 25.8. The van der Waals surface area contributed by atoms with Crippen LogP contribution in [0.25, 0.3) is 0 Å². The van der Waals surface area contributed by atoms with Gasteiger partial charge in [-0.1, -0.05) is 13.3 Å². The van der Waals surface area contributed by atoms with Gasteiger partial charge in [0.25, 0.3) is 17.9 Å². The molecule has 1 atom stereocenters. The van der Waals surface area contributed by atoms with Crippen molar-refractivity contribution in [2.24, 2.45) is 0 Å². The number of carbonyl (C=O) groups excluding carboxylic acids is 1. The van der Waals surface area contributed by atoms with Crippen molar-refractivity contribution in [1.82, 2.24) is 4.98 Å². The van der Waals surface area contributed by atoms with Crippen molar-refractivity contribution in [2.75, 3.05) is 59.2 Å². The van der Waals surface area contributed by atoms with E-state index >= 15 is 0 Å². The summed E-state index contributed by atoms with van der Waals surface area (Å²) in [6, 6.07) is 7.91. The number of anilines is 4. The van der Waals surface area contributed by atoms with E-state index in [1.807, 2.05) is 13.8 Å². The topological polar surface area (TPSA) is 104 Å². The van der Waals surface area contributed by atoms with E-state index in [0.717, 1.165) is 18.4 Å². The van der Waals surface area contributed by atoms with Crippen LogP contribution in [0.5, 0.6) is 0 Å². The van der Waals surface area contributed by atoms with Crippen LogP contribution < -0.4 is 19.8 Å². The summed E-state index contributed by atoms with van der Waals surface area (Å²) in [7, 11) is -3.84. The number of unbranched alkanes of at least 4 members (excludes halogenated alkanes) is 1. The lowest BCUT2D eigenvalue weighted by molar-refractivity contribution is -0.0221. The minimum absolute atomic E-state index is 0.0179. The zero-order chi connectivity index (χ0) is 32.8. The van der Waals surface area contributed by atoms with Gasteiger partial charge < -0.3 is 19.9 Å². The number of ether oxygens (including phenoxy) is 1. The molecular weight excluding hydrogens is 614 g/mol. The summed E-state index contributed by atoms with van der Waals surface area (Å²) in [5.41, 5.74) is 1.62. The average molecular weight is 656 g/mol. The molecule has 1 aromatic heterocycles. The molecule has 2 aromatic rings. The highest BCUT2D eigenvalue weighted by atomic mass is 32.2. The monoisotopic (exact) mass is 655 g/mol. The maximum atomic E-state index is 13.7. The maximum absolute atomic E-state index is 13.7. The van der Waals surface area contributed by atoms with E-state index in [0.29, 0.717) is 18.1 Å². The zero-order valence-corrected chi connectivity index (χ0v) is 26.7. The normalized spacial score (nSPS) is 17.6. The molecule has 1 aromatic carbocycles. The Hall–Kier alpha value is -3.39. The molecule has 2 fully saturated rings. The summed E-state index contributed by atoms with van der Waals surface area (Å²) >= 11 is 0. The third-order valence-electron chi connectivity index (χ3n) is 8.02. The molecule has 14 heteroatoms. The fraction of sp³-hybridized carbons (Fsp3) is 0.548. The van der Waals surface area contributed by atoms with Crippen LogP contribution in [-0.2, 0) is 14.8 Å². The molecule has 1 amide bonds. The molecule has 9 nitrogen and oxygen atoms in total. The molecule has 0 saturated carbocycles. The maximum Gasteiger partial charge on any atom is 0.269 e. The van der Waals surface area contributed by atoms with Crippen LogP contribution in [0.1, 0.15) is 68.3 Å². The highest BCUT2D eigenvalue weighted by Crippen LogP contribution is 2.33. The van der Waals surface area contributed by atoms with E-state index in [2.05, 4.69) is 15.0 Å². The molecule has 2 aliphatic rings. The molecule has 0 aliphatic carbocycles. The molecule has 0 radical (unpaired) electrons. The highest BCUT2D eigenvalue weighted by molar-refractivity contribution is 7.93. The number of aromatic nitrogens is 1. The van der Waals surface area contributed by atoms with Crippen LogP contribution in [0.15, 0.2) is 42.0 Å². The largest absolute Gasteiger partial charge is 0.380 e. The molecule has 2 N–H and O–H groups in total. The standard InChI is InChI=1S/C31H41F4N5O4S/c1-4-5-16-44-20-22(3)45(42,43)38-24-6-7-25(26(19-24)39-12-8-23(9-13-39)29(32)33)30(41)37-27-17-21(2)18-28(36-27)40-14-10-31(34,35)11-15-40/h6-7,17-19,22,38H,4-5,8-16,20H2,1-3H3,(H,36,37,41)/t22-/m1/s1. The van der Waals surface area contributed by atoms with Crippen LogP contribution in [0.3, 0.4) is 0 Å². The van der Waals surface area contributed by atoms with Gasteiger partial charge in [0.15, 0.2) is 0 Å². The van der Waals surface area contributed by atoms with E-state index in [4.69, 9.17) is 4.74 Å². The number of aryl methyl sites for hydroxylation is 1. The number of piperidine rings is 2. The molecule has 45 heavy (non-hydrogen) atoms. The predicted octanol–water partition coefficient (Wildman–Crippen LogP) is 6.58. The molecule has 248 valence electrons. The average Bonchev–Trinajstić information content (AvgIpc) is 2.98. The van der Waals surface area contributed by atoms with Gasteiger partial charge in [0, 0.05) is 45.6 Å². The fourth-order valence-electron chi connectivity index (χ4n) is 5.23. The number of nitrogens with one attached hydrogen (secondary N) is 2. The lowest BCUT2D eigenvalue weighted by Gasteiger charge is -2.33. The molecule has 0 unspecified atom stereocenters. The Morgan fingerprint density at radius 2 is 1.76 bits per heavy atom. The van der Waals surface area contributed by atoms with E-state index < -0.39 is 33.2 Å². The number of halogens is 4. The van der Waals surface area contributed by atoms with Gasteiger partial charge in [-0.05, 0) is 74.6 Å². The Bertz CT molecular complexity index is 1480. The summed E-state index contributed by atoms with van der Waals surface area (Å²) in [4.78, 5) is 21.7. The number of sulfonamides is 1. The quantitative estimate of drug-likeness (QED) is 0.197. The van der Waals surface area contributed by atoms with Gasteiger partial charge in [-0.2, -0.15) is 8.78 Å². The smallest absolute Gasteiger partial charge is 0.269 e. The van der Waals surface area contributed by atoms with E-state index in [1.165, 1.54) is 18.2 Å². The second-order valence-electron chi connectivity index (χ2n) is 11.7. The Kier molecular flexibility index (Phi) is 11.3. The van der Waals surface area contributed by atoms with E-state index in [9.17, 15) is 30.8 Å². The van der Waals surface area contributed by atoms with E-state index in [-0.39, 0.29) is 81.1 Å². The number of hydrogen-bond acceptors (Lipinski definition) is 7.